The van der Waals surface area contributed by atoms with Crippen molar-refractivity contribution in [2.24, 2.45) is 5.92 Å². The molecule has 1 aliphatic rings. The van der Waals surface area contributed by atoms with Gasteiger partial charge in [0.2, 0.25) is 5.91 Å². The van der Waals surface area contributed by atoms with Gasteiger partial charge in [-0.05, 0) is 31.5 Å². The van der Waals surface area contributed by atoms with Crippen molar-refractivity contribution in [3.05, 3.63) is 35.9 Å². The molecule has 0 saturated carbocycles. The monoisotopic (exact) mass is 266 g/mol. The summed E-state index contributed by atoms with van der Waals surface area (Å²) in [7, 11) is 2.11. The van der Waals surface area contributed by atoms with Crippen LogP contribution in [0.25, 0.3) is 0 Å². The predicted molar refractivity (Wildman–Crippen MR) is 73.6 cm³/mol. The average molecular weight is 267 g/mol. The number of halogens is 1. The number of hydrogen-bond acceptors (Lipinski definition) is 2. The van der Waals surface area contributed by atoms with Gasteiger partial charge < -0.3 is 10.2 Å². The smallest absolute Gasteiger partial charge is 0.242 e. The SMILES string of the molecule is CN1CCC(CNC(=O)C(Cl)c2ccccc2)C1. The summed E-state index contributed by atoms with van der Waals surface area (Å²) in [6, 6.07) is 9.45. The minimum Gasteiger partial charge on any atom is -0.354 e. The third-order valence-electron chi connectivity index (χ3n) is 3.38. The molecular formula is C14H19ClN2O. The van der Waals surface area contributed by atoms with Crippen LogP contribution >= 0.6 is 11.6 Å². The Bertz CT molecular complexity index is 396. The van der Waals surface area contributed by atoms with Crippen molar-refractivity contribution in [2.75, 3.05) is 26.7 Å². The summed E-state index contributed by atoms with van der Waals surface area (Å²) in [6.45, 7) is 2.89. The highest BCUT2D eigenvalue weighted by atomic mass is 35.5. The molecule has 4 heteroatoms. The van der Waals surface area contributed by atoms with Crippen molar-refractivity contribution in [3.63, 3.8) is 0 Å². The average Bonchev–Trinajstić information content (AvgIpc) is 2.82. The van der Waals surface area contributed by atoms with Gasteiger partial charge in [0.1, 0.15) is 5.38 Å². The molecule has 0 aliphatic carbocycles. The second kappa shape index (κ2) is 6.21. The zero-order valence-corrected chi connectivity index (χ0v) is 11.4. The Morgan fingerprint density at radius 1 is 1.50 bits per heavy atom. The second-order valence-corrected chi connectivity index (χ2v) is 5.37. The van der Waals surface area contributed by atoms with E-state index in [1.807, 2.05) is 30.3 Å². The summed E-state index contributed by atoms with van der Waals surface area (Å²) in [5.74, 6) is 0.455. The van der Waals surface area contributed by atoms with E-state index in [1.54, 1.807) is 0 Å². The van der Waals surface area contributed by atoms with E-state index < -0.39 is 5.38 Å². The first kappa shape index (κ1) is 13.4. The van der Waals surface area contributed by atoms with Crippen LogP contribution in [-0.4, -0.2) is 37.5 Å². The number of nitrogens with one attached hydrogen (secondary N) is 1. The summed E-state index contributed by atoms with van der Waals surface area (Å²) in [4.78, 5) is 14.2. The minimum atomic E-state index is -0.592. The van der Waals surface area contributed by atoms with Crippen LogP contribution < -0.4 is 5.32 Å². The number of carbonyl (C=O) groups excluding carboxylic acids is 1. The topological polar surface area (TPSA) is 32.3 Å². The quantitative estimate of drug-likeness (QED) is 0.846. The van der Waals surface area contributed by atoms with E-state index in [1.165, 1.54) is 0 Å². The molecule has 1 heterocycles. The zero-order valence-electron chi connectivity index (χ0n) is 10.6. The fraction of sp³-hybridized carbons (Fsp3) is 0.500. The van der Waals surface area contributed by atoms with Gasteiger partial charge in [-0.15, -0.1) is 11.6 Å². The lowest BCUT2D eigenvalue weighted by Crippen LogP contribution is -2.32. The van der Waals surface area contributed by atoms with Crippen molar-refractivity contribution in [1.82, 2.24) is 10.2 Å². The molecule has 1 aromatic rings. The number of nitrogens with zero attached hydrogens (tertiary/aromatic N) is 1. The number of amides is 1. The number of benzene rings is 1. The largest absolute Gasteiger partial charge is 0.354 e. The highest BCUT2D eigenvalue weighted by Gasteiger charge is 2.22. The highest BCUT2D eigenvalue weighted by Crippen LogP contribution is 2.20. The Labute approximate surface area is 113 Å². The second-order valence-electron chi connectivity index (χ2n) is 4.94. The molecule has 0 spiro atoms. The van der Waals surface area contributed by atoms with Crippen molar-refractivity contribution < 1.29 is 4.79 Å². The molecular weight excluding hydrogens is 248 g/mol. The lowest BCUT2D eigenvalue weighted by Gasteiger charge is -2.14. The van der Waals surface area contributed by atoms with Crippen LogP contribution in [0.2, 0.25) is 0 Å². The first-order valence-electron chi connectivity index (χ1n) is 6.32. The summed E-state index contributed by atoms with van der Waals surface area (Å²) in [5, 5.41) is 2.35. The Kier molecular flexibility index (Phi) is 4.61. The molecule has 2 atom stereocenters. The maximum Gasteiger partial charge on any atom is 0.242 e. The van der Waals surface area contributed by atoms with Crippen LogP contribution in [-0.2, 0) is 4.79 Å². The molecule has 98 valence electrons. The van der Waals surface area contributed by atoms with E-state index in [0.29, 0.717) is 5.92 Å². The molecule has 0 bridgehead atoms. The van der Waals surface area contributed by atoms with Crippen LogP contribution in [0.3, 0.4) is 0 Å². The van der Waals surface area contributed by atoms with E-state index in [4.69, 9.17) is 11.6 Å². The summed E-state index contributed by atoms with van der Waals surface area (Å²) >= 11 is 6.15. The Balaban J connectivity index is 1.81. The summed E-state index contributed by atoms with van der Waals surface area (Å²) in [5.41, 5.74) is 0.847. The molecule has 2 rings (SSSR count). The maximum atomic E-state index is 11.9. The number of carbonyl (C=O) groups is 1. The first-order chi connectivity index (χ1) is 8.66. The predicted octanol–water partition coefficient (Wildman–Crippen LogP) is 2.03. The van der Waals surface area contributed by atoms with Crippen molar-refractivity contribution in [3.8, 4) is 0 Å². The Morgan fingerprint density at radius 2 is 2.22 bits per heavy atom. The van der Waals surface area contributed by atoms with Gasteiger partial charge in [-0.2, -0.15) is 0 Å². The third kappa shape index (κ3) is 3.47. The normalized spacial score (nSPS) is 21.8. The first-order valence-corrected chi connectivity index (χ1v) is 6.75. The van der Waals surface area contributed by atoms with Crippen molar-refractivity contribution in [1.29, 1.82) is 0 Å². The summed E-state index contributed by atoms with van der Waals surface area (Å²) in [6.07, 6.45) is 1.15. The van der Waals surface area contributed by atoms with Crippen LogP contribution in [0.1, 0.15) is 17.4 Å². The molecule has 1 aromatic carbocycles. The third-order valence-corrected chi connectivity index (χ3v) is 3.83. The van der Waals surface area contributed by atoms with E-state index in [2.05, 4.69) is 17.3 Å². The number of alkyl halides is 1. The number of hydrogen-bond donors (Lipinski definition) is 1. The molecule has 3 nitrogen and oxygen atoms in total. The number of rotatable bonds is 4. The van der Waals surface area contributed by atoms with Gasteiger partial charge in [0.15, 0.2) is 0 Å². The highest BCUT2D eigenvalue weighted by molar-refractivity contribution is 6.30. The molecule has 1 saturated heterocycles. The molecule has 18 heavy (non-hydrogen) atoms. The van der Waals surface area contributed by atoms with Gasteiger partial charge in [0.25, 0.3) is 0 Å². The Morgan fingerprint density at radius 3 is 2.83 bits per heavy atom. The van der Waals surface area contributed by atoms with E-state index in [0.717, 1.165) is 31.6 Å². The van der Waals surface area contributed by atoms with Crippen LogP contribution in [0.5, 0.6) is 0 Å². The fourth-order valence-corrected chi connectivity index (χ4v) is 2.52. The van der Waals surface area contributed by atoms with Gasteiger partial charge in [-0.25, -0.2) is 0 Å². The molecule has 0 radical (unpaired) electrons. The van der Waals surface area contributed by atoms with Gasteiger partial charge in [-0.1, -0.05) is 30.3 Å². The lowest BCUT2D eigenvalue weighted by atomic mass is 10.1. The van der Waals surface area contributed by atoms with Gasteiger partial charge in [0.05, 0.1) is 0 Å². The fourth-order valence-electron chi connectivity index (χ4n) is 2.30. The van der Waals surface area contributed by atoms with Crippen LogP contribution in [0.15, 0.2) is 30.3 Å². The summed E-state index contributed by atoms with van der Waals surface area (Å²) < 4.78 is 0. The van der Waals surface area contributed by atoms with Gasteiger partial charge in [-0.3, -0.25) is 4.79 Å². The van der Waals surface area contributed by atoms with E-state index in [9.17, 15) is 4.79 Å². The van der Waals surface area contributed by atoms with Crippen molar-refractivity contribution in [2.45, 2.75) is 11.8 Å². The molecule has 1 aliphatic heterocycles. The van der Waals surface area contributed by atoms with Crippen LogP contribution in [0.4, 0.5) is 0 Å². The molecule has 1 fully saturated rings. The van der Waals surface area contributed by atoms with Gasteiger partial charge in [0, 0.05) is 13.1 Å². The molecule has 1 amide bonds. The maximum absolute atomic E-state index is 11.9. The van der Waals surface area contributed by atoms with E-state index >= 15 is 0 Å². The van der Waals surface area contributed by atoms with Crippen molar-refractivity contribution >= 4 is 17.5 Å². The van der Waals surface area contributed by atoms with Crippen LogP contribution in [0, 0.1) is 5.92 Å². The number of likely N-dealkylation sites (tertiary alicyclic amines) is 1. The zero-order chi connectivity index (χ0) is 13.0. The lowest BCUT2D eigenvalue weighted by molar-refractivity contribution is -0.121. The van der Waals surface area contributed by atoms with E-state index in [-0.39, 0.29) is 5.91 Å². The molecule has 1 N–H and O–H groups in total. The van der Waals surface area contributed by atoms with Gasteiger partial charge >= 0.3 is 0 Å². The Hall–Kier alpha value is -1.06. The minimum absolute atomic E-state index is 0.0996. The molecule has 0 aromatic heterocycles. The standard InChI is InChI=1S/C14H19ClN2O/c1-17-8-7-11(10-17)9-16-14(18)13(15)12-5-3-2-4-6-12/h2-6,11,13H,7-10H2,1H3,(H,16,18). The molecule has 2 unspecified atom stereocenters.